The highest BCUT2D eigenvalue weighted by Crippen LogP contribution is 2.34. The van der Waals surface area contributed by atoms with E-state index in [-0.39, 0.29) is 12.0 Å². The van der Waals surface area contributed by atoms with Gasteiger partial charge in [0.1, 0.15) is 0 Å². The van der Waals surface area contributed by atoms with Crippen molar-refractivity contribution in [3.05, 3.63) is 0 Å². The normalized spacial score (nSPS) is 33.5. The smallest absolute Gasteiger partial charge is 0.160 e. The summed E-state index contributed by atoms with van der Waals surface area (Å²) in [5.74, 6) is 0.486. The van der Waals surface area contributed by atoms with Crippen molar-refractivity contribution in [3.63, 3.8) is 0 Å². The van der Waals surface area contributed by atoms with Crippen LogP contribution >= 0.6 is 0 Å². The van der Waals surface area contributed by atoms with Crippen LogP contribution in [0.5, 0.6) is 0 Å². The Balaban J connectivity index is 2.49. The topological polar surface area (TPSA) is 49.7 Å². The molecule has 0 saturated carbocycles. The lowest BCUT2D eigenvalue weighted by Gasteiger charge is -2.22. The summed E-state index contributed by atoms with van der Waals surface area (Å²) in [6.07, 6.45) is 4.66. The van der Waals surface area contributed by atoms with E-state index in [0.29, 0.717) is 5.92 Å². The summed E-state index contributed by atoms with van der Waals surface area (Å²) in [5, 5.41) is 20.1. The molecule has 0 aromatic rings. The number of ether oxygens (including phenoxy) is 1. The molecule has 0 aromatic carbocycles. The molecule has 0 spiro atoms. The SMILES string of the molecule is CCCCC1OC(O)C(CC(CC)CC)C1O. The summed E-state index contributed by atoms with van der Waals surface area (Å²) >= 11 is 0. The van der Waals surface area contributed by atoms with Crippen molar-refractivity contribution in [1.29, 1.82) is 0 Å². The fraction of sp³-hybridized carbons (Fsp3) is 1.00. The fourth-order valence-corrected chi connectivity index (χ4v) is 2.71. The molecule has 1 rings (SSSR count). The molecule has 1 aliphatic heterocycles. The zero-order chi connectivity index (χ0) is 12.8. The Morgan fingerprint density at radius 2 is 1.76 bits per heavy atom. The summed E-state index contributed by atoms with van der Waals surface area (Å²) in [4.78, 5) is 0. The molecule has 2 N–H and O–H groups in total. The molecule has 102 valence electrons. The van der Waals surface area contributed by atoms with E-state index in [1.165, 1.54) is 0 Å². The first kappa shape index (κ1) is 14.9. The van der Waals surface area contributed by atoms with Crippen LogP contribution in [0.3, 0.4) is 0 Å². The Kier molecular flexibility index (Phi) is 6.45. The molecule has 4 unspecified atom stereocenters. The summed E-state index contributed by atoms with van der Waals surface area (Å²) < 4.78 is 5.48. The Morgan fingerprint density at radius 3 is 2.29 bits per heavy atom. The molecule has 0 bridgehead atoms. The van der Waals surface area contributed by atoms with Gasteiger partial charge < -0.3 is 14.9 Å². The van der Waals surface area contributed by atoms with Gasteiger partial charge in [0.2, 0.25) is 0 Å². The van der Waals surface area contributed by atoms with E-state index >= 15 is 0 Å². The molecule has 1 heterocycles. The van der Waals surface area contributed by atoms with Gasteiger partial charge in [-0.25, -0.2) is 0 Å². The summed E-state index contributed by atoms with van der Waals surface area (Å²) in [5.41, 5.74) is 0. The highest BCUT2D eigenvalue weighted by atomic mass is 16.6. The highest BCUT2D eigenvalue weighted by Gasteiger charge is 2.42. The maximum atomic E-state index is 10.2. The lowest BCUT2D eigenvalue weighted by molar-refractivity contribution is -0.112. The molecule has 17 heavy (non-hydrogen) atoms. The molecule has 3 nitrogen and oxygen atoms in total. The Morgan fingerprint density at radius 1 is 1.12 bits per heavy atom. The van der Waals surface area contributed by atoms with Crippen LogP contribution in [0.2, 0.25) is 0 Å². The first-order valence-electron chi connectivity index (χ1n) is 7.15. The van der Waals surface area contributed by atoms with Crippen molar-refractivity contribution in [2.24, 2.45) is 11.8 Å². The Hall–Kier alpha value is -0.120. The maximum absolute atomic E-state index is 10.2. The first-order chi connectivity index (χ1) is 8.13. The summed E-state index contributed by atoms with van der Waals surface area (Å²) in [7, 11) is 0. The van der Waals surface area contributed by atoms with Gasteiger partial charge >= 0.3 is 0 Å². The van der Waals surface area contributed by atoms with Crippen molar-refractivity contribution in [1.82, 2.24) is 0 Å². The van der Waals surface area contributed by atoms with Crippen LogP contribution in [0.15, 0.2) is 0 Å². The van der Waals surface area contributed by atoms with Gasteiger partial charge in [0.15, 0.2) is 6.29 Å². The lowest BCUT2D eigenvalue weighted by atomic mass is 9.86. The van der Waals surface area contributed by atoms with Crippen molar-refractivity contribution < 1.29 is 14.9 Å². The first-order valence-corrected chi connectivity index (χ1v) is 7.15. The molecule has 1 aliphatic rings. The average Bonchev–Trinajstić information content (AvgIpc) is 2.59. The molecule has 0 radical (unpaired) electrons. The van der Waals surface area contributed by atoms with Crippen molar-refractivity contribution in [2.45, 2.75) is 77.8 Å². The van der Waals surface area contributed by atoms with Crippen LogP contribution in [0, 0.1) is 11.8 Å². The van der Waals surface area contributed by atoms with Crippen LogP contribution in [-0.4, -0.2) is 28.7 Å². The molecule has 1 saturated heterocycles. The second-order valence-electron chi connectivity index (χ2n) is 5.28. The monoisotopic (exact) mass is 244 g/mol. The van der Waals surface area contributed by atoms with E-state index in [0.717, 1.165) is 38.5 Å². The van der Waals surface area contributed by atoms with Crippen LogP contribution in [0.4, 0.5) is 0 Å². The minimum Gasteiger partial charge on any atom is -0.390 e. The van der Waals surface area contributed by atoms with Crippen molar-refractivity contribution >= 4 is 0 Å². The molecule has 0 amide bonds. The van der Waals surface area contributed by atoms with Crippen molar-refractivity contribution in [3.8, 4) is 0 Å². The van der Waals surface area contributed by atoms with Crippen molar-refractivity contribution in [2.75, 3.05) is 0 Å². The molecule has 0 aliphatic carbocycles. The predicted octanol–water partition coefficient (Wildman–Crippen LogP) is 2.70. The average molecular weight is 244 g/mol. The minimum atomic E-state index is -0.771. The largest absolute Gasteiger partial charge is 0.390 e. The number of rotatable bonds is 7. The second-order valence-corrected chi connectivity index (χ2v) is 5.28. The zero-order valence-corrected chi connectivity index (χ0v) is 11.4. The van der Waals surface area contributed by atoms with E-state index in [4.69, 9.17) is 4.74 Å². The molecule has 3 heteroatoms. The van der Waals surface area contributed by atoms with E-state index in [1.54, 1.807) is 0 Å². The Bertz CT molecular complexity index is 204. The number of unbranched alkanes of at least 4 members (excludes halogenated alkanes) is 1. The predicted molar refractivity (Wildman–Crippen MR) is 68.6 cm³/mol. The summed E-state index contributed by atoms with van der Waals surface area (Å²) in [6, 6.07) is 0. The van der Waals surface area contributed by atoms with Crippen LogP contribution in [-0.2, 0) is 4.74 Å². The fourth-order valence-electron chi connectivity index (χ4n) is 2.71. The second kappa shape index (κ2) is 7.34. The minimum absolute atomic E-state index is 0.0956. The van der Waals surface area contributed by atoms with Crippen LogP contribution < -0.4 is 0 Å². The Labute approximate surface area is 105 Å². The van der Waals surface area contributed by atoms with Gasteiger partial charge in [-0.15, -0.1) is 0 Å². The lowest BCUT2D eigenvalue weighted by Crippen LogP contribution is -2.29. The van der Waals surface area contributed by atoms with Gasteiger partial charge in [0, 0.05) is 5.92 Å². The van der Waals surface area contributed by atoms with Gasteiger partial charge in [-0.1, -0.05) is 46.5 Å². The molecular formula is C14H28O3. The number of hydrogen-bond acceptors (Lipinski definition) is 3. The van der Waals surface area contributed by atoms with Gasteiger partial charge in [-0.2, -0.15) is 0 Å². The van der Waals surface area contributed by atoms with E-state index in [1.807, 2.05) is 0 Å². The van der Waals surface area contributed by atoms with E-state index in [2.05, 4.69) is 20.8 Å². The van der Waals surface area contributed by atoms with Gasteiger partial charge in [-0.3, -0.25) is 0 Å². The third-order valence-corrected chi connectivity index (χ3v) is 4.10. The van der Waals surface area contributed by atoms with Crippen LogP contribution in [0.25, 0.3) is 0 Å². The number of aliphatic hydroxyl groups excluding tert-OH is 2. The van der Waals surface area contributed by atoms with E-state index in [9.17, 15) is 10.2 Å². The third kappa shape index (κ3) is 3.94. The van der Waals surface area contributed by atoms with Gasteiger partial charge in [-0.05, 0) is 18.8 Å². The van der Waals surface area contributed by atoms with Gasteiger partial charge in [0.05, 0.1) is 12.2 Å². The van der Waals surface area contributed by atoms with Gasteiger partial charge in [0.25, 0.3) is 0 Å². The maximum Gasteiger partial charge on any atom is 0.160 e. The standard InChI is InChI=1S/C14H28O3/c1-4-7-8-12-13(15)11(14(16)17-12)9-10(5-2)6-3/h10-16H,4-9H2,1-3H3. The highest BCUT2D eigenvalue weighted by molar-refractivity contribution is 4.87. The van der Waals surface area contributed by atoms with Crippen LogP contribution in [0.1, 0.15) is 59.3 Å². The number of hydrogen-bond donors (Lipinski definition) is 2. The third-order valence-electron chi connectivity index (χ3n) is 4.10. The molecular weight excluding hydrogens is 216 g/mol. The molecule has 4 atom stereocenters. The van der Waals surface area contributed by atoms with E-state index < -0.39 is 12.4 Å². The quantitative estimate of drug-likeness (QED) is 0.724. The number of aliphatic hydroxyl groups is 2. The molecule has 0 aromatic heterocycles. The molecule has 1 fully saturated rings. The summed E-state index contributed by atoms with van der Waals surface area (Å²) in [6.45, 7) is 6.45. The zero-order valence-electron chi connectivity index (χ0n) is 11.4.